The van der Waals surface area contributed by atoms with Gasteiger partial charge in [-0.2, -0.15) is 0 Å². The zero-order valence-electron chi connectivity index (χ0n) is 9.45. The van der Waals surface area contributed by atoms with Crippen molar-refractivity contribution in [1.82, 2.24) is 10.2 Å². The zero-order valence-corrected chi connectivity index (χ0v) is 9.45. The van der Waals surface area contributed by atoms with Crippen LogP contribution in [0.2, 0.25) is 0 Å². The number of primary amides is 1. The molecule has 0 bridgehead atoms. The fourth-order valence-electron chi connectivity index (χ4n) is 1.85. The third-order valence-corrected chi connectivity index (χ3v) is 2.82. The lowest BCUT2D eigenvalue weighted by Gasteiger charge is -2.29. The molecule has 1 aliphatic rings. The zero-order chi connectivity index (χ0) is 12.0. The van der Waals surface area contributed by atoms with E-state index in [9.17, 15) is 9.59 Å². The van der Waals surface area contributed by atoms with Crippen LogP contribution < -0.4 is 16.8 Å². The number of nitrogens with zero attached hydrogens (tertiary/aromatic N) is 1. The average molecular weight is 228 g/mol. The van der Waals surface area contributed by atoms with Gasteiger partial charge in [-0.3, -0.25) is 14.5 Å². The smallest absolute Gasteiger partial charge is 0.234 e. The van der Waals surface area contributed by atoms with Gasteiger partial charge in [0.05, 0.1) is 6.54 Å². The van der Waals surface area contributed by atoms with Crippen LogP contribution in [0.25, 0.3) is 0 Å². The molecule has 2 amide bonds. The molecule has 0 spiro atoms. The summed E-state index contributed by atoms with van der Waals surface area (Å²) < 4.78 is 0. The van der Waals surface area contributed by atoms with Gasteiger partial charge in [-0.1, -0.05) is 0 Å². The van der Waals surface area contributed by atoms with Gasteiger partial charge >= 0.3 is 0 Å². The molecule has 0 saturated carbocycles. The molecule has 0 aromatic carbocycles. The summed E-state index contributed by atoms with van der Waals surface area (Å²) in [6.07, 6.45) is 1.50. The summed E-state index contributed by atoms with van der Waals surface area (Å²) in [5.41, 5.74) is 10.5. The first kappa shape index (κ1) is 12.9. The van der Waals surface area contributed by atoms with Gasteiger partial charge in [-0.25, -0.2) is 0 Å². The monoisotopic (exact) mass is 228 g/mol. The van der Waals surface area contributed by atoms with Gasteiger partial charge < -0.3 is 16.8 Å². The van der Waals surface area contributed by atoms with E-state index in [4.69, 9.17) is 11.5 Å². The summed E-state index contributed by atoms with van der Waals surface area (Å²) in [6.45, 7) is 2.85. The Morgan fingerprint density at radius 1 is 1.31 bits per heavy atom. The molecule has 92 valence electrons. The minimum absolute atomic E-state index is 0.0111. The van der Waals surface area contributed by atoms with Crippen molar-refractivity contribution in [3.8, 4) is 0 Å². The molecule has 0 aliphatic carbocycles. The Hall–Kier alpha value is -1.14. The summed E-state index contributed by atoms with van der Waals surface area (Å²) in [4.78, 5) is 24.4. The number of piperidine rings is 1. The quantitative estimate of drug-likeness (QED) is 0.520. The molecule has 1 saturated heterocycles. The van der Waals surface area contributed by atoms with E-state index in [-0.39, 0.29) is 17.7 Å². The van der Waals surface area contributed by atoms with Crippen molar-refractivity contribution in [3.63, 3.8) is 0 Å². The summed E-state index contributed by atoms with van der Waals surface area (Å²) in [7, 11) is 0. The molecule has 0 aromatic rings. The molecule has 16 heavy (non-hydrogen) atoms. The van der Waals surface area contributed by atoms with Gasteiger partial charge in [0.1, 0.15) is 0 Å². The van der Waals surface area contributed by atoms with Crippen LogP contribution in [0.15, 0.2) is 0 Å². The number of rotatable bonds is 5. The minimum atomic E-state index is -0.229. The van der Waals surface area contributed by atoms with Gasteiger partial charge in [0.15, 0.2) is 0 Å². The van der Waals surface area contributed by atoms with Crippen LogP contribution >= 0.6 is 0 Å². The lowest BCUT2D eigenvalue weighted by Crippen LogP contribution is -2.44. The van der Waals surface area contributed by atoms with E-state index in [1.807, 2.05) is 4.90 Å². The Morgan fingerprint density at radius 2 is 1.94 bits per heavy atom. The first-order valence-corrected chi connectivity index (χ1v) is 5.62. The van der Waals surface area contributed by atoms with Crippen LogP contribution in [-0.4, -0.2) is 49.4 Å². The lowest BCUT2D eigenvalue weighted by atomic mass is 9.96. The number of hydrogen-bond acceptors (Lipinski definition) is 4. The van der Waals surface area contributed by atoms with E-state index >= 15 is 0 Å². The molecule has 0 unspecified atom stereocenters. The molecule has 1 rings (SSSR count). The van der Waals surface area contributed by atoms with Crippen LogP contribution in [-0.2, 0) is 9.59 Å². The number of nitrogens with one attached hydrogen (secondary N) is 1. The summed E-state index contributed by atoms with van der Waals surface area (Å²) in [5.74, 6) is -0.265. The molecule has 1 fully saturated rings. The van der Waals surface area contributed by atoms with Gasteiger partial charge in [0.25, 0.3) is 0 Å². The maximum atomic E-state index is 11.4. The SMILES string of the molecule is NCCNC(=O)CN1CCC(C(N)=O)CC1. The Bertz CT molecular complexity index is 249. The summed E-state index contributed by atoms with van der Waals surface area (Å²) in [5, 5.41) is 2.72. The van der Waals surface area contributed by atoms with Crippen LogP contribution in [0.5, 0.6) is 0 Å². The summed E-state index contributed by atoms with van der Waals surface area (Å²) >= 11 is 0. The molecule has 1 aliphatic heterocycles. The number of nitrogens with two attached hydrogens (primary N) is 2. The summed E-state index contributed by atoms with van der Waals surface area (Å²) in [6, 6.07) is 0. The van der Waals surface area contributed by atoms with Crippen LogP contribution in [0.4, 0.5) is 0 Å². The Morgan fingerprint density at radius 3 is 2.44 bits per heavy atom. The fourth-order valence-corrected chi connectivity index (χ4v) is 1.85. The molecule has 5 N–H and O–H groups in total. The lowest BCUT2D eigenvalue weighted by molar-refractivity contribution is -0.124. The highest BCUT2D eigenvalue weighted by Crippen LogP contribution is 2.15. The third kappa shape index (κ3) is 4.16. The molecular formula is C10H20N4O2. The van der Waals surface area contributed by atoms with E-state index in [0.29, 0.717) is 19.6 Å². The first-order chi connectivity index (χ1) is 7.63. The topological polar surface area (TPSA) is 101 Å². The van der Waals surface area contributed by atoms with Crippen molar-refractivity contribution in [1.29, 1.82) is 0 Å². The normalized spacial score (nSPS) is 18.3. The van der Waals surface area contributed by atoms with E-state index in [2.05, 4.69) is 5.32 Å². The van der Waals surface area contributed by atoms with E-state index < -0.39 is 0 Å². The Labute approximate surface area is 95.3 Å². The number of carbonyl (C=O) groups excluding carboxylic acids is 2. The molecule has 1 heterocycles. The van der Waals surface area contributed by atoms with Crippen molar-refractivity contribution < 1.29 is 9.59 Å². The highest BCUT2D eigenvalue weighted by atomic mass is 16.2. The van der Waals surface area contributed by atoms with E-state index in [1.165, 1.54) is 0 Å². The predicted octanol–water partition coefficient (Wildman–Crippen LogP) is -1.74. The standard InChI is InChI=1S/C10H20N4O2/c11-3-4-13-9(15)7-14-5-1-8(2-6-14)10(12)16/h8H,1-7,11H2,(H2,12,16)(H,13,15). The third-order valence-electron chi connectivity index (χ3n) is 2.82. The minimum Gasteiger partial charge on any atom is -0.369 e. The molecule has 6 heteroatoms. The second-order valence-electron chi connectivity index (χ2n) is 4.09. The maximum absolute atomic E-state index is 11.4. The van der Waals surface area contributed by atoms with Gasteiger partial charge in [0, 0.05) is 19.0 Å². The fraction of sp³-hybridized carbons (Fsp3) is 0.800. The maximum Gasteiger partial charge on any atom is 0.234 e. The van der Waals surface area contributed by atoms with Crippen molar-refractivity contribution in [3.05, 3.63) is 0 Å². The van der Waals surface area contributed by atoms with Crippen molar-refractivity contribution >= 4 is 11.8 Å². The van der Waals surface area contributed by atoms with E-state index in [0.717, 1.165) is 25.9 Å². The molecule has 6 nitrogen and oxygen atoms in total. The molecule has 0 radical (unpaired) electrons. The molecule has 0 aromatic heterocycles. The number of hydrogen-bond donors (Lipinski definition) is 3. The van der Waals surface area contributed by atoms with Crippen molar-refractivity contribution in [2.24, 2.45) is 17.4 Å². The average Bonchev–Trinajstić information content (AvgIpc) is 2.27. The van der Waals surface area contributed by atoms with E-state index in [1.54, 1.807) is 0 Å². The number of likely N-dealkylation sites (tertiary alicyclic amines) is 1. The largest absolute Gasteiger partial charge is 0.369 e. The number of amides is 2. The second-order valence-corrected chi connectivity index (χ2v) is 4.09. The molecular weight excluding hydrogens is 208 g/mol. The highest BCUT2D eigenvalue weighted by Gasteiger charge is 2.23. The van der Waals surface area contributed by atoms with Crippen molar-refractivity contribution in [2.45, 2.75) is 12.8 Å². The number of carbonyl (C=O) groups is 2. The van der Waals surface area contributed by atoms with Crippen LogP contribution in [0.1, 0.15) is 12.8 Å². The van der Waals surface area contributed by atoms with Gasteiger partial charge in [-0.15, -0.1) is 0 Å². The van der Waals surface area contributed by atoms with Gasteiger partial charge in [-0.05, 0) is 25.9 Å². The molecule has 0 atom stereocenters. The predicted molar refractivity (Wildman–Crippen MR) is 60.4 cm³/mol. The highest BCUT2D eigenvalue weighted by molar-refractivity contribution is 5.78. The van der Waals surface area contributed by atoms with Crippen molar-refractivity contribution in [2.75, 3.05) is 32.7 Å². The Kier molecular flexibility index (Phi) is 5.21. The first-order valence-electron chi connectivity index (χ1n) is 5.62. The van der Waals surface area contributed by atoms with Gasteiger partial charge in [0.2, 0.25) is 11.8 Å². The van der Waals surface area contributed by atoms with Crippen LogP contribution in [0.3, 0.4) is 0 Å². The van der Waals surface area contributed by atoms with Crippen LogP contribution in [0, 0.1) is 5.92 Å². The second kappa shape index (κ2) is 6.44. The Balaban J connectivity index is 2.21.